The lowest BCUT2D eigenvalue weighted by molar-refractivity contribution is -0.144. The van der Waals surface area contributed by atoms with Gasteiger partial charge in [0.05, 0.1) is 23.6 Å². The molecule has 7 rings (SSSR count). The number of pyridine rings is 1. The van der Waals surface area contributed by atoms with Crippen LogP contribution in [-0.2, 0) is 35.6 Å². The number of sulfonamides is 1. The molecule has 2 aliphatic carbocycles. The van der Waals surface area contributed by atoms with Crippen molar-refractivity contribution < 1.29 is 41.5 Å². The Morgan fingerprint density at radius 2 is 1.91 bits per heavy atom. The molecule has 55 heavy (non-hydrogen) atoms. The highest BCUT2D eigenvalue weighted by atomic mass is 32.2. The van der Waals surface area contributed by atoms with Crippen molar-refractivity contribution in [2.45, 2.75) is 133 Å². The summed E-state index contributed by atoms with van der Waals surface area (Å²) in [4.78, 5) is 62.5. The molecule has 3 N–H and O–H groups in total. The molecule has 13 nitrogen and oxygen atoms in total. The number of allylic oxidation sites excluding steroid dienone is 1. The fourth-order valence-corrected chi connectivity index (χ4v) is 9.79. The maximum atomic E-state index is 14.8. The van der Waals surface area contributed by atoms with Gasteiger partial charge in [-0.25, -0.2) is 22.6 Å². The van der Waals surface area contributed by atoms with Gasteiger partial charge in [-0.3, -0.25) is 19.1 Å². The summed E-state index contributed by atoms with van der Waals surface area (Å²) in [6.07, 6.45) is 8.85. The zero-order valence-corrected chi connectivity index (χ0v) is 32.9. The van der Waals surface area contributed by atoms with Crippen molar-refractivity contribution in [1.82, 2.24) is 25.2 Å². The average molecular weight is 782 g/mol. The lowest BCUT2D eigenvalue weighted by Crippen LogP contribution is -2.70. The minimum absolute atomic E-state index is 0.00152. The molecule has 1 spiro atoms. The van der Waals surface area contributed by atoms with Crippen LogP contribution >= 0.6 is 0 Å². The number of nitrogens with one attached hydrogen (secondary N) is 3. The molecule has 5 atom stereocenters. The predicted octanol–water partition coefficient (Wildman–Crippen LogP) is 4.88. The first-order chi connectivity index (χ1) is 26.1. The van der Waals surface area contributed by atoms with Crippen LogP contribution in [-0.4, -0.2) is 83.2 Å². The van der Waals surface area contributed by atoms with Gasteiger partial charge in [-0.15, -0.1) is 0 Å². The quantitative estimate of drug-likeness (QED) is 0.346. The molecule has 1 saturated heterocycles. The third kappa shape index (κ3) is 7.40. The molecule has 0 bridgehead atoms. The van der Waals surface area contributed by atoms with Gasteiger partial charge in [-0.05, 0) is 83.6 Å². The van der Waals surface area contributed by atoms with Crippen molar-refractivity contribution in [2.24, 2.45) is 11.8 Å². The highest BCUT2D eigenvalue weighted by molar-refractivity contribution is 7.91. The van der Waals surface area contributed by atoms with Crippen LogP contribution in [0.2, 0.25) is 0 Å². The number of carbonyl (C=O) groups is 4. The molecule has 5 aliphatic rings. The number of halogens is 1. The number of carbonyl (C=O) groups excluding carboxylic acids is 4. The number of hydrogen-bond acceptors (Lipinski definition) is 9. The van der Waals surface area contributed by atoms with E-state index in [4.69, 9.17) is 9.47 Å². The Morgan fingerprint density at radius 3 is 2.62 bits per heavy atom. The standard InChI is InChI=1S/C40H52FN5O8S/c1-24(2)22-53-37(50)43-30-14-9-7-5-6-8-11-26-15-18-40(26,36(49)45-55(51,52)38(4)19-20-38)44-34(47)31-21-39(23-46(31)35(30)48)17-16-28-27-12-10-13-29(41)32(27)42-25(3)33(28)54-39/h8,10-13,24,26,30-31H,5-7,9,14-23H2,1-4H3,(H,43,50)(H,44,47)(H,45,49)/b11-8-/t26-,30+,31+,39-,40-/m1/s1. The third-order valence-corrected chi connectivity index (χ3v) is 14.4. The number of ether oxygens (including phenoxy) is 2. The molecule has 0 unspecified atom stereocenters. The molecule has 4 heterocycles. The molecule has 0 radical (unpaired) electrons. The van der Waals surface area contributed by atoms with Crippen molar-refractivity contribution >= 4 is 44.7 Å². The maximum absolute atomic E-state index is 14.8. The normalized spacial score (nSPS) is 29.7. The largest absolute Gasteiger partial charge is 0.483 e. The summed E-state index contributed by atoms with van der Waals surface area (Å²) in [5.74, 6) is -2.24. The Bertz CT molecular complexity index is 2040. The molecule has 2 aromatic rings. The van der Waals surface area contributed by atoms with E-state index in [1.165, 1.54) is 11.0 Å². The van der Waals surface area contributed by atoms with E-state index >= 15 is 0 Å². The Hall–Kier alpha value is -4.27. The Morgan fingerprint density at radius 1 is 1.13 bits per heavy atom. The molecule has 3 fully saturated rings. The number of rotatable bonds is 6. The van der Waals surface area contributed by atoms with Crippen LogP contribution in [0, 0.1) is 24.6 Å². The molecule has 15 heteroatoms. The fraction of sp³-hybridized carbons (Fsp3) is 0.625. The van der Waals surface area contributed by atoms with Crippen molar-refractivity contribution in [3.05, 3.63) is 47.4 Å². The van der Waals surface area contributed by atoms with E-state index in [1.54, 1.807) is 26.0 Å². The number of nitrogens with zero attached hydrogens (tertiary/aromatic N) is 2. The zero-order valence-electron chi connectivity index (χ0n) is 32.0. The van der Waals surface area contributed by atoms with Crippen molar-refractivity contribution in [1.29, 1.82) is 0 Å². The summed E-state index contributed by atoms with van der Waals surface area (Å²) in [6, 6.07) is 2.65. The summed E-state index contributed by atoms with van der Waals surface area (Å²) >= 11 is 0. The SMILES string of the molecule is Cc1nc2c(F)cccc2c2c1O[C@]1(CC2)C[C@H]2C(=O)N[C@]3(C(=O)NS(=O)(=O)C4(C)CC4)CC[C@H]3/C=C\CCCCC[C@H](NC(=O)OCC(C)C)C(=O)N2C1. The van der Waals surface area contributed by atoms with Crippen molar-refractivity contribution in [3.8, 4) is 5.75 Å². The second kappa shape index (κ2) is 14.7. The molecule has 3 aliphatic heterocycles. The van der Waals surface area contributed by atoms with E-state index in [-0.39, 0.29) is 37.4 Å². The van der Waals surface area contributed by atoms with Crippen LogP contribution in [0.3, 0.4) is 0 Å². The number of para-hydroxylation sites is 1. The van der Waals surface area contributed by atoms with Crippen LogP contribution < -0.4 is 20.1 Å². The van der Waals surface area contributed by atoms with Crippen LogP contribution in [0.25, 0.3) is 10.9 Å². The van der Waals surface area contributed by atoms with E-state index in [9.17, 15) is 32.0 Å². The lowest BCUT2D eigenvalue weighted by Gasteiger charge is -2.48. The Balaban J connectivity index is 1.24. The summed E-state index contributed by atoms with van der Waals surface area (Å²) < 4.78 is 54.8. The van der Waals surface area contributed by atoms with Gasteiger partial charge in [0.2, 0.25) is 21.8 Å². The minimum Gasteiger partial charge on any atom is -0.483 e. The highest BCUT2D eigenvalue weighted by Crippen LogP contribution is 2.47. The average Bonchev–Trinajstić information content (AvgIpc) is 3.80. The summed E-state index contributed by atoms with van der Waals surface area (Å²) in [7, 11) is -4.02. The number of hydrogen-bond donors (Lipinski definition) is 3. The van der Waals surface area contributed by atoms with E-state index < -0.39 is 73.5 Å². The fourth-order valence-electron chi connectivity index (χ4n) is 8.47. The van der Waals surface area contributed by atoms with Gasteiger partial charge in [0.25, 0.3) is 5.91 Å². The van der Waals surface area contributed by atoms with Crippen LogP contribution in [0.1, 0.15) is 103 Å². The molecule has 298 valence electrons. The number of benzene rings is 1. The number of alkyl carbamates (subject to hydrolysis) is 1. The second-order valence-corrected chi connectivity index (χ2v) is 19.1. The van der Waals surface area contributed by atoms with Gasteiger partial charge < -0.3 is 25.0 Å². The number of amides is 4. The van der Waals surface area contributed by atoms with Crippen LogP contribution in [0.4, 0.5) is 9.18 Å². The summed E-state index contributed by atoms with van der Waals surface area (Å²) in [5.41, 5.74) is -1.09. The van der Waals surface area contributed by atoms with Crippen LogP contribution in [0.5, 0.6) is 5.75 Å². The molecular formula is C40H52FN5O8S. The van der Waals surface area contributed by atoms with Gasteiger partial charge in [0.15, 0.2) is 0 Å². The van der Waals surface area contributed by atoms with E-state index in [1.807, 2.05) is 26.0 Å². The first-order valence-corrected chi connectivity index (χ1v) is 21.1. The van der Waals surface area contributed by atoms with E-state index in [2.05, 4.69) is 20.3 Å². The zero-order chi connectivity index (χ0) is 39.3. The molecule has 1 aromatic heterocycles. The smallest absolute Gasteiger partial charge is 0.407 e. The maximum Gasteiger partial charge on any atom is 0.407 e. The summed E-state index contributed by atoms with van der Waals surface area (Å²) in [5, 5.41) is 6.38. The van der Waals surface area contributed by atoms with Gasteiger partial charge in [-0.1, -0.05) is 51.0 Å². The summed E-state index contributed by atoms with van der Waals surface area (Å²) in [6.45, 7) is 7.31. The molecule has 2 saturated carbocycles. The van der Waals surface area contributed by atoms with Crippen molar-refractivity contribution in [3.63, 3.8) is 0 Å². The minimum atomic E-state index is -4.02. The molecule has 1 aromatic carbocycles. The first kappa shape index (κ1) is 39.0. The van der Waals surface area contributed by atoms with Gasteiger partial charge >= 0.3 is 6.09 Å². The number of aryl methyl sites for hydroxylation is 2. The predicted molar refractivity (Wildman–Crippen MR) is 202 cm³/mol. The highest BCUT2D eigenvalue weighted by Gasteiger charge is 2.59. The molecular weight excluding hydrogens is 730 g/mol. The topological polar surface area (TPSA) is 173 Å². The van der Waals surface area contributed by atoms with Crippen LogP contribution in [0.15, 0.2) is 30.4 Å². The van der Waals surface area contributed by atoms with Gasteiger partial charge in [-0.2, -0.15) is 0 Å². The van der Waals surface area contributed by atoms with Gasteiger partial charge in [0, 0.05) is 23.3 Å². The van der Waals surface area contributed by atoms with Gasteiger partial charge in [0.1, 0.15) is 40.3 Å². The number of aromatic nitrogens is 1. The Labute approximate surface area is 321 Å². The van der Waals surface area contributed by atoms with E-state index in [0.717, 1.165) is 18.4 Å². The molecule has 4 amide bonds. The van der Waals surface area contributed by atoms with E-state index in [0.29, 0.717) is 68.2 Å². The first-order valence-electron chi connectivity index (χ1n) is 19.6. The lowest BCUT2D eigenvalue weighted by atomic mass is 9.65. The Kier molecular flexibility index (Phi) is 10.4. The third-order valence-electron chi connectivity index (χ3n) is 12.3. The number of fused-ring (bicyclic) bond motifs is 5. The monoisotopic (exact) mass is 781 g/mol. The van der Waals surface area contributed by atoms with Crippen molar-refractivity contribution in [2.75, 3.05) is 13.2 Å². The second-order valence-electron chi connectivity index (χ2n) is 16.9.